The zero-order valence-corrected chi connectivity index (χ0v) is 9.18. The van der Waals surface area contributed by atoms with Crippen molar-refractivity contribution in [2.45, 2.75) is 42.8 Å². The summed E-state index contributed by atoms with van der Waals surface area (Å²) in [7, 11) is 0. The van der Waals surface area contributed by atoms with Crippen molar-refractivity contribution in [3.8, 4) is 0 Å². The van der Waals surface area contributed by atoms with E-state index in [-0.39, 0.29) is 0 Å². The number of carbonyl (C=O) groups is 1. The van der Waals surface area contributed by atoms with E-state index in [1.54, 1.807) is 0 Å². The molecule has 0 bridgehead atoms. The van der Waals surface area contributed by atoms with Gasteiger partial charge in [0.2, 0.25) is 0 Å². The molecule has 18 heavy (non-hydrogen) atoms. The maximum Gasteiger partial charge on any atom is 0.367 e. The quantitative estimate of drug-likeness (QED) is 0.316. The molecule has 1 fully saturated rings. The first kappa shape index (κ1) is 15.2. The lowest BCUT2D eigenvalue weighted by molar-refractivity contribution is -0.313. The maximum absolute atomic E-state index is 13.4. The number of carboxylic acid groups (broad SMARTS) is 1. The van der Waals surface area contributed by atoms with Gasteiger partial charge in [-0.25, -0.2) is 9.18 Å². The summed E-state index contributed by atoms with van der Waals surface area (Å²) >= 11 is 0. The lowest BCUT2D eigenvalue weighted by atomic mass is 9.92. The van der Waals surface area contributed by atoms with E-state index >= 15 is 0 Å². The van der Waals surface area contributed by atoms with E-state index in [9.17, 15) is 24.5 Å². The third kappa shape index (κ3) is 2.60. The number of alkyl halides is 1. The SMILES string of the molecule is O=C(O)[C@]1(O)O[C@@H]([C@H](O)[C@H](O)CO)C[C@@H](O)[C@H]1F. The molecule has 0 spiro atoms. The number of rotatable bonds is 4. The summed E-state index contributed by atoms with van der Waals surface area (Å²) in [5.74, 6) is -5.37. The number of halogens is 1. The van der Waals surface area contributed by atoms with Crippen LogP contribution in [0, 0.1) is 0 Å². The molecule has 0 amide bonds. The molecule has 0 aromatic carbocycles. The van der Waals surface area contributed by atoms with Crippen LogP contribution < -0.4 is 0 Å². The second-order valence-electron chi connectivity index (χ2n) is 4.10. The standard InChI is InChI=1S/C9H15FO8/c10-7-3(12)1-5(6(14)4(13)2-11)18-9(7,17)8(15)16/h3-7,11-14,17H,1-2H2,(H,15,16)/t3-,4-,5-,6-,7-,9-/m1/s1. The predicted molar refractivity (Wildman–Crippen MR) is 52.1 cm³/mol. The van der Waals surface area contributed by atoms with Crippen LogP contribution in [0.15, 0.2) is 0 Å². The highest BCUT2D eigenvalue weighted by molar-refractivity contribution is 5.76. The molecule has 0 unspecified atom stereocenters. The van der Waals surface area contributed by atoms with E-state index in [1.807, 2.05) is 0 Å². The Kier molecular flexibility index (Phi) is 4.59. The Bertz CT molecular complexity index is 313. The lowest BCUT2D eigenvalue weighted by Crippen LogP contribution is -2.63. The molecule has 8 nitrogen and oxygen atoms in total. The van der Waals surface area contributed by atoms with Crippen molar-refractivity contribution < 1.29 is 44.6 Å². The molecule has 0 saturated carbocycles. The van der Waals surface area contributed by atoms with Gasteiger partial charge in [-0.3, -0.25) is 0 Å². The minimum absolute atomic E-state index is 0.533. The highest BCUT2D eigenvalue weighted by Crippen LogP contribution is 2.32. The van der Waals surface area contributed by atoms with Crippen molar-refractivity contribution in [3.63, 3.8) is 0 Å². The average molecular weight is 270 g/mol. The number of carboxylic acids is 1. The van der Waals surface area contributed by atoms with Crippen molar-refractivity contribution in [1.82, 2.24) is 0 Å². The summed E-state index contributed by atoms with van der Waals surface area (Å²) in [4.78, 5) is 10.7. The second-order valence-corrected chi connectivity index (χ2v) is 4.10. The average Bonchev–Trinajstić information content (AvgIpc) is 2.33. The van der Waals surface area contributed by atoms with Gasteiger partial charge in [0.05, 0.1) is 18.8 Å². The molecule has 0 aromatic rings. The van der Waals surface area contributed by atoms with E-state index < -0.39 is 55.4 Å². The molecule has 0 aliphatic carbocycles. The number of ether oxygens (including phenoxy) is 1. The van der Waals surface area contributed by atoms with Crippen LogP contribution in [0.2, 0.25) is 0 Å². The Balaban J connectivity index is 2.90. The van der Waals surface area contributed by atoms with E-state index in [0.29, 0.717) is 0 Å². The van der Waals surface area contributed by atoms with E-state index in [4.69, 9.17) is 15.3 Å². The fourth-order valence-corrected chi connectivity index (χ4v) is 1.70. The van der Waals surface area contributed by atoms with Crippen LogP contribution in [0.25, 0.3) is 0 Å². The molecule has 1 aliphatic heterocycles. The number of aliphatic hydroxyl groups is 5. The largest absolute Gasteiger partial charge is 0.477 e. The van der Waals surface area contributed by atoms with Crippen LogP contribution in [0.3, 0.4) is 0 Å². The Hall–Kier alpha value is -0.840. The number of aliphatic hydroxyl groups excluding tert-OH is 4. The molecule has 1 heterocycles. The summed E-state index contributed by atoms with van der Waals surface area (Å²) in [6, 6.07) is 0. The lowest BCUT2D eigenvalue weighted by Gasteiger charge is -2.41. The number of aliphatic carboxylic acids is 1. The molecule has 106 valence electrons. The van der Waals surface area contributed by atoms with Gasteiger partial charge in [0.1, 0.15) is 12.2 Å². The molecule has 6 atom stereocenters. The van der Waals surface area contributed by atoms with Crippen LogP contribution >= 0.6 is 0 Å². The van der Waals surface area contributed by atoms with E-state index in [2.05, 4.69) is 4.74 Å². The van der Waals surface area contributed by atoms with Crippen molar-refractivity contribution in [3.05, 3.63) is 0 Å². The Morgan fingerprint density at radius 2 is 2.06 bits per heavy atom. The normalized spacial score (nSPS) is 40.2. The maximum atomic E-state index is 13.4. The summed E-state index contributed by atoms with van der Waals surface area (Å²) in [6.45, 7) is -0.846. The summed E-state index contributed by atoms with van der Waals surface area (Å²) < 4.78 is 17.9. The minimum Gasteiger partial charge on any atom is -0.477 e. The van der Waals surface area contributed by atoms with E-state index in [1.165, 1.54) is 0 Å². The summed E-state index contributed by atoms with van der Waals surface area (Å²) in [5.41, 5.74) is 0. The Labute approximate surface area is 101 Å². The first-order chi connectivity index (χ1) is 8.24. The van der Waals surface area contributed by atoms with Gasteiger partial charge in [-0.15, -0.1) is 0 Å². The van der Waals surface area contributed by atoms with Gasteiger partial charge >= 0.3 is 11.8 Å². The molecular formula is C9H15FO8. The van der Waals surface area contributed by atoms with Gasteiger partial charge in [-0.2, -0.15) is 0 Å². The summed E-state index contributed by atoms with van der Waals surface area (Å²) in [5, 5.41) is 54.7. The fourth-order valence-electron chi connectivity index (χ4n) is 1.70. The third-order valence-electron chi connectivity index (χ3n) is 2.79. The smallest absolute Gasteiger partial charge is 0.367 e. The highest BCUT2D eigenvalue weighted by atomic mass is 19.1. The first-order valence-electron chi connectivity index (χ1n) is 5.16. The van der Waals surface area contributed by atoms with Gasteiger partial charge in [-0.1, -0.05) is 0 Å². The van der Waals surface area contributed by atoms with Crippen LogP contribution in [0.1, 0.15) is 6.42 Å². The van der Waals surface area contributed by atoms with Gasteiger partial charge in [-0.05, 0) is 0 Å². The Morgan fingerprint density at radius 1 is 1.50 bits per heavy atom. The molecule has 9 heteroatoms. The van der Waals surface area contributed by atoms with Crippen molar-refractivity contribution in [2.24, 2.45) is 0 Å². The summed E-state index contributed by atoms with van der Waals surface area (Å²) in [6.07, 6.45) is -9.99. The van der Waals surface area contributed by atoms with Gasteiger partial charge < -0.3 is 35.4 Å². The Morgan fingerprint density at radius 3 is 2.50 bits per heavy atom. The molecule has 6 N–H and O–H groups in total. The van der Waals surface area contributed by atoms with Crippen LogP contribution in [-0.2, 0) is 9.53 Å². The number of hydrogen-bond donors (Lipinski definition) is 6. The molecule has 1 rings (SSSR count). The first-order valence-corrected chi connectivity index (χ1v) is 5.16. The van der Waals surface area contributed by atoms with Crippen LogP contribution in [0.4, 0.5) is 4.39 Å². The molecule has 1 saturated heterocycles. The topological polar surface area (TPSA) is 148 Å². The number of hydrogen-bond acceptors (Lipinski definition) is 7. The van der Waals surface area contributed by atoms with E-state index in [0.717, 1.165) is 0 Å². The van der Waals surface area contributed by atoms with Crippen LogP contribution in [0.5, 0.6) is 0 Å². The zero-order chi connectivity index (χ0) is 14.1. The predicted octanol–water partition coefficient (Wildman–Crippen LogP) is -3.04. The molecular weight excluding hydrogens is 255 g/mol. The van der Waals surface area contributed by atoms with Gasteiger partial charge in [0, 0.05) is 6.42 Å². The fraction of sp³-hybridized carbons (Fsp3) is 0.889. The second kappa shape index (κ2) is 5.43. The molecule has 0 aromatic heterocycles. The van der Waals surface area contributed by atoms with Gasteiger partial charge in [0.25, 0.3) is 0 Å². The molecule has 0 radical (unpaired) electrons. The van der Waals surface area contributed by atoms with Crippen LogP contribution in [-0.4, -0.2) is 79.6 Å². The van der Waals surface area contributed by atoms with Crippen molar-refractivity contribution in [1.29, 1.82) is 0 Å². The minimum atomic E-state index is -3.31. The molecule has 1 aliphatic rings. The zero-order valence-electron chi connectivity index (χ0n) is 9.18. The monoisotopic (exact) mass is 270 g/mol. The third-order valence-corrected chi connectivity index (χ3v) is 2.79. The highest BCUT2D eigenvalue weighted by Gasteiger charge is 2.57. The van der Waals surface area contributed by atoms with Gasteiger partial charge in [0.15, 0.2) is 6.17 Å². The van der Waals surface area contributed by atoms with Crippen molar-refractivity contribution >= 4 is 5.97 Å². The van der Waals surface area contributed by atoms with Crippen molar-refractivity contribution in [2.75, 3.05) is 6.61 Å².